The molecule has 0 saturated carbocycles. The van der Waals surface area contributed by atoms with Crippen LogP contribution in [0, 0.1) is 28.4 Å². The van der Waals surface area contributed by atoms with Crippen molar-refractivity contribution in [3.8, 4) is 6.07 Å². The summed E-state index contributed by atoms with van der Waals surface area (Å²) in [6.07, 6.45) is 0.877. The third-order valence-corrected chi connectivity index (χ3v) is 4.08. The second kappa shape index (κ2) is 9.27. The number of methoxy groups -OCH3 is 1. The number of morpholine rings is 1. The maximum absolute atomic E-state index is 11.3. The van der Waals surface area contributed by atoms with Crippen molar-refractivity contribution in [1.29, 1.82) is 5.26 Å². The molecule has 0 radical (unpaired) electrons. The van der Waals surface area contributed by atoms with Crippen molar-refractivity contribution in [1.82, 2.24) is 9.88 Å². The highest BCUT2D eigenvalue weighted by Crippen LogP contribution is 2.30. The van der Waals surface area contributed by atoms with Crippen LogP contribution in [0.5, 0.6) is 0 Å². The van der Waals surface area contributed by atoms with Gasteiger partial charge in [0, 0.05) is 26.7 Å². The Balaban J connectivity index is 2.09. The van der Waals surface area contributed by atoms with Gasteiger partial charge >= 0.3 is 0 Å². The van der Waals surface area contributed by atoms with Crippen molar-refractivity contribution in [2.45, 2.75) is 20.0 Å². The summed E-state index contributed by atoms with van der Waals surface area (Å²) in [5.41, 5.74) is 0.549. The largest absolute Gasteiger partial charge is 0.380 e. The van der Waals surface area contributed by atoms with E-state index in [1.165, 1.54) is 7.11 Å². The molecule has 136 valence electrons. The first-order valence-electron chi connectivity index (χ1n) is 8.19. The van der Waals surface area contributed by atoms with Crippen LogP contribution in [-0.2, 0) is 16.1 Å². The highest BCUT2D eigenvalue weighted by Gasteiger charge is 2.25. The van der Waals surface area contributed by atoms with Gasteiger partial charge in [0.1, 0.15) is 23.1 Å². The highest BCUT2D eigenvalue weighted by atomic mass is 16.6. The summed E-state index contributed by atoms with van der Waals surface area (Å²) >= 11 is 0. The number of nitriles is 1. The van der Waals surface area contributed by atoms with Crippen LogP contribution in [0.1, 0.15) is 23.2 Å². The molecule has 1 aromatic heterocycles. The van der Waals surface area contributed by atoms with E-state index in [4.69, 9.17) is 9.47 Å². The molecule has 0 spiro atoms. The Hall–Kier alpha value is -2.28. The molecule has 1 fully saturated rings. The smallest absolute Gasteiger partial charge is 0.297 e. The molecule has 0 aromatic carbocycles. The molecule has 1 aliphatic heterocycles. The first-order chi connectivity index (χ1) is 12.1. The zero-order chi connectivity index (χ0) is 18.2. The van der Waals surface area contributed by atoms with Crippen molar-refractivity contribution >= 4 is 11.5 Å². The maximum atomic E-state index is 11.3. The minimum absolute atomic E-state index is 0.00890. The fourth-order valence-electron chi connectivity index (χ4n) is 2.87. The zero-order valence-corrected chi connectivity index (χ0v) is 14.6. The lowest BCUT2D eigenvalue weighted by Crippen LogP contribution is -2.37. The molecule has 1 aromatic rings. The SMILES string of the molecule is COCc1c(C#N)c(NCCCN2CCOCC2)nc(C)c1[N+](=O)[O-]. The Morgan fingerprint density at radius 3 is 2.80 bits per heavy atom. The summed E-state index contributed by atoms with van der Waals surface area (Å²) in [4.78, 5) is 17.3. The number of ether oxygens (including phenoxy) is 2. The number of nitro groups is 1. The Kier molecular flexibility index (Phi) is 7.06. The van der Waals surface area contributed by atoms with E-state index in [1.807, 2.05) is 6.07 Å². The third kappa shape index (κ3) is 4.85. The molecule has 0 atom stereocenters. The van der Waals surface area contributed by atoms with E-state index in [-0.39, 0.29) is 29.1 Å². The van der Waals surface area contributed by atoms with Gasteiger partial charge in [-0.1, -0.05) is 0 Å². The van der Waals surface area contributed by atoms with Crippen molar-refractivity contribution in [2.75, 3.05) is 51.8 Å². The van der Waals surface area contributed by atoms with Gasteiger partial charge in [-0.25, -0.2) is 4.98 Å². The molecule has 9 nitrogen and oxygen atoms in total. The maximum Gasteiger partial charge on any atom is 0.297 e. The Bertz CT molecular complexity index is 653. The van der Waals surface area contributed by atoms with Gasteiger partial charge in [-0.05, 0) is 19.9 Å². The van der Waals surface area contributed by atoms with Gasteiger partial charge in [0.15, 0.2) is 0 Å². The summed E-state index contributed by atoms with van der Waals surface area (Å²) in [5.74, 6) is 0.375. The van der Waals surface area contributed by atoms with Gasteiger partial charge in [0.2, 0.25) is 0 Å². The number of aromatic nitrogens is 1. The van der Waals surface area contributed by atoms with Crippen molar-refractivity contribution in [2.24, 2.45) is 0 Å². The predicted molar refractivity (Wildman–Crippen MR) is 91.4 cm³/mol. The van der Waals surface area contributed by atoms with Crippen LogP contribution in [0.25, 0.3) is 0 Å². The molecule has 2 rings (SSSR count). The van der Waals surface area contributed by atoms with Gasteiger partial charge < -0.3 is 14.8 Å². The summed E-state index contributed by atoms with van der Waals surface area (Å²) in [5, 5.41) is 23.9. The Labute approximate surface area is 146 Å². The quantitative estimate of drug-likeness (QED) is 0.426. The van der Waals surface area contributed by atoms with Crippen LogP contribution < -0.4 is 5.32 Å². The zero-order valence-electron chi connectivity index (χ0n) is 14.6. The number of rotatable bonds is 8. The average molecular weight is 349 g/mol. The number of nitrogens with one attached hydrogen (secondary N) is 1. The molecule has 9 heteroatoms. The molecular weight excluding hydrogens is 326 g/mol. The van der Waals surface area contributed by atoms with Gasteiger partial charge in [-0.3, -0.25) is 15.0 Å². The molecule has 1 aliphatic rings. The van der Waals surface area contributed by atoms with Gasteiger partial charge in [0.05, 0.1) is 30.3 Å². The van der Waals surface area contributed by atoms with E-state index in [9.17, 15) is 15.4 Å². The monoisotopic (exact) mass is 349 g/mol. The first-order valence-corrected chi connectivity index (χ1v) is 8.19. The normalized spacial score (nSPS) is 14.9. The molecule has 0 unspecified atom stereocenters. The van der Waals surface area contributed by atoms with E-state index in [0.29, 0.717) is 12.4 Å². The van der Waals surface area contributed by atoms with Crippen molar-refractivity contribution < 1.29 is 14.4 Å². The van der Waals surface area contributed by atoms with E-state index in [1.54, 1.807) is 6.92 Å². The molecule has 2 heterocycles. The van der Waals surface area contributed by atoms with Crippen LogP contribution in [0.2, 0.25) is 0 Å². The van der Waals surface area contributed by atoms with Gasteiger partial charge in [-0.15, -0.1) is 0 Å². The van der Waals surface area contributed by atoms with E-state index >= 15 is 0 Å². The second-order valence-electron chi connectivity index (χ2n) is 5.78. The molecule has 1 saturated heterocycles. The second-order valence-corrected chi connectivity index (χ2v) is 5.78. The third-order valence-electron chi connectivity index (χ3n) is 4.08. The van der Waals surface area contributed by atoms with Crippen LogP contribution in [-0.4, -0.2) is 61.3 Å². The fraction of sp³-hybridized carbons (Fsp3) is 0.625. The lowest BCUT2D eigenvalue weighted by atomic mass is 10.1. The summed E-state index contributed by atoms with van der Waals surface area (Å²) in [6, 6.07) is 2.03. The minimum atomic E-state index is -0.514. The summed E-state index contributed by atoms with van der Waals surface area (Å²) < 4.78 is 10.4. The van der Waals surface area contributed by atoms with Gasteiger partial charge in [0.25, 0.3) is 5.69 Å². The first kappa shape index (κ1) is 19.1. The topological polar surface area (TPSA) is 114 Å². The van der Waals surface area contributed by atoms with Crippen LogP contribution in [0.3, 0.4) is 0 Å². The standard InChI is InChI=1S/C16H23N5O4/c1-12-15(21(22)23)14(11-24-2)13(10-17)16(19-12)18-4-3-5-20-6-8-25-9-7-20/h3-9,11H2,1-2H3,(H,18,19). The lowest BCUT2D eigenvalue weighted by Gasteiger charge is -2.26. The number of anilines is 1. The number of hydrogen-bond donors (Lipinski definition) is 1. The van der Waals surface area contributed by atoms with Crippen LogP contribution >= 0.6 is 0 Å². The molecule has 25 heavy (non-hydrogen) atoms. The van der Waals surface area contributed by atoms with Crippen LogP contribution in [0.4, 0.5) is 11.5 Å². The number of nitrogens with zero attached hydrogens (tertiary/aromatic N) is 4. The van der Waals surface area contributed by atoms with E-state index in [2.05, 4.69) is 15.2 Å². The Morgan fingerprint density at radius 1 is 1.48 bits per heavy atom. The van der Waals surface area contributed by atoms with Crippen molar-refractivity contribution in [3.63, 3.8) is 0 Å². The van der Waals surface area contributed by atoms with Crippen LogP contribution in [0.15, 0.2) is 0 Å². The minimum Gasteiger partial charge on any atom is -0.380 e. The molecule has 0 amide bonds. The fourth-order valence-corrected chi connectivity index (χ4v) is 2.87. The Morgan fingerprint density at radius 2 is 2.20 bits per heavy atom. The molecule has 0 aliphatic carbocycles. The van der Waals surface area contributed by atoms with E-state index < -0.39 is 4.92 Å². The lowest BCUT2D eigenvalue weighted by molar-refractivity contribution is -0.386. The predicted octanol–water partition coefficient (Wildman–Crippen LogP) is 1.45. The summed E-state index contributed by atoms with van der Waals surface area (Å²) in [6.45, 7) is 6.48. The molecule has 0 bridgehead atoms. The molecular formula is C16H23N5O4. The average Bonchev–Trinajstić information content (AvgIpc) is 2.59. The summed E-state index contributed by atoms with van der Waals surface area (Å²) in [7, 11) is 1.44. The van der Waals surface area contributed by atoms with E-state index in [0.717, 1.165) is 39.3 Å². The van der Waals surface area contributed by atoms with Gasteiger partial charge in [-0.2, -0.15) is 5.26 Å². The number of pyridine rings is 1. The van der Waals surface area contributed by atoms with Crippen molar-refractivity contribution in [3.05, 3.63) is 26.9 Å². The number of aryl methyl sites for hydroxylation is 1. The number of hydrogen-bond acceptors (Lipinski definition) is 8. The highest BCUT2D eigenvalue weighted by molar-refractivity contribution is 5.64. The molecule has 1 N–H and O–H groups in total.